The summed E-state index contributed by atoms with van der Waals surface area (Å²) in [4.78, 5) is 11.6. The second-order valence-corrected chi connectivity index (χ2v) is 3.86. The van der Waals surface area contributed by atoms with Crippen LogP contribution in [0.4, 0.5) is 0 Å². The third kappa shape index (κ3) is 3.05. The second kappa shape index (κ2) is 5.02. The fourth-order valence-corrected chi connectivity index (χ4v) is 1.65. The van der Waals surface area contributed by atoms with Gasteiger partial charge in [0.25, 0.3) is 0 Å². The van der Waals surface area contributed by atoms with Gasteiger partial charge in [0.2, 0.25) is 0 Å². The van der Waals surface area contributed by atoms with Crippen LogP contribution in [0.1, 0.15) is 18.0 Å². The maximum Gasteiger partial charge on any atom is 0.305 e. The molecule has 0 spiro atoms. The van der Waals surface area contributed by atoms with Gasteiger partial charge in [-0.15, -0.1) is 11.8 Å². The number of carboxylic acid groups (broad SMARTS) is 1. The molecule has 3 nitrogen and oxygen atoms in total. The molecular formula is C10H13NO2S. The molecule has 0 radical (unpaired) electrons. The van der Waals surface area contributed by atoms with Gasteiger partial charge in [0.15, 0.2) is 0 Å². The van der Waals surface area contributed by atoms with Crippen molar-refractivity contribution in [2.24, 2.45) is 5.73 Å². The van der Waals surface area contributed by atoms with Gasteiger partial charge in [-0.2, -0.15) is 0 Å². The maximum atomic E-state index is 10.5. The van der Waals surface area contributed by atoms with E-state index < -0.39 is 12.0 Å². The number of nitrogens with two attached hydrogens (primary N) is 1. The molecule has 0 aromatic heterocycles. The Kier molecular flexibility index (Phi) is 3.98. The van der Waals surface area contributed by atoms with E-state index in [2.05, 4.69) is 0 Å². The van der Waals surface area contributed by atoms with Gasteiger partial charge in [-0.3, -0.25) is 4.79 Å². The Labute approximate surface area is 87.3 Å². The molecule has 0 aliphatic carbocycles. The molecule has 0 saturated carbocycles. The molecule has 1 unspecified atom stereocenters. The lowest BCUT2D eigenvalue weighted by Gasteiger charge is -2.09. The van der Waals surface area contributed by atoms with Gasteiger partial charge in [-0.25, -0.2) is 0 Å². The normalized spacial score (nSPS) is 12.4. The maximum absolute atomic E-state index is 10.5. The van der Waals surface area contributed by atoms with Gasteiger partial charge in [0, 0.05) is 10.9 Å². The molecule has 0 aliphatic heterocycles. The first-order valence-electron chi connectivity index (χ1n) is 4.25. The van der Waals surface area contributed by atoms with E-state index >= 15 is 0 Å². The van der Waals surface area contributed by atoms with Crippen LogP contribution in [0.15, 0.2) is 29.2 Å². The molecule has 1 aromatic rings. The van der Waals surface area contributed by atoms with Gasteiger partial charge >= 0.3 is 5.97 Å². The lowest BCUT2D eigenvalue weighted by molar-refractivity contribution is -0.137. The first-order chi connectivity index (χ1) is 6.63. The van der Waals surface area contributed by atoms with Crippen molar-refractivity contribution >= 4 is 17.7 Å². The van der Waals surface area contributed by atoms with Crippen molar-refractivity contribution in [3.05, 3.63) is 29.8 Å². The molecule has 1 atom stereocenters. The summed E-state index contributed by atoms with van der Waals surface area (Å²) in [6.45, 7) is 0. The highest BCUT2D eigenvalue weighted by Gasteiger charge is 2.10. The minimum Gasteiger partial charge on any atom is -0.481 e. The molecule has 0 fully saturated rings. The molecule has 0 bridgehead atoms. The lowest BCUT2D eigenvalue weighted by Crippen LogP contribution is -2.14. The van der Waals surface area contributed by atoms with Crippen LogP contribution >= 0.6 is 11.8 Å². The van der Waals surface area contributed by atoms with E-state index in [-0.39, 0.29) is 6.42 Å². The molecule has 0 saturated heterocycles. The fraction of sp³-hybridized carbons (Fsp3) is 0.300. The van der Waals surface area contributed by atoms with Crippen molar-refractivity contribution in [2.45, 2.75) is 17.4 Å². The number of hydrogen-bond donors (Lipinski definition) is 2. The minimum absolute atomic E-state index is 0.0299. The van der Waals surface area contributed by atoms with Gasteiger partial charge in [-0.05, 0) is 24.0 Å². The Balaban J connectivity index is 2.78. The van der Waals surface area contributed by atoms with Crippen molar-refractivity contribution in [3.8, 4) is 0 Å². The lowest BCUT2D eigenvalue weighted by atomic mass is 10.1. The number of aliphatic carboxylic acids is 1. The zero-order valence-corrected chi connectivity index (χ0v) is 8.75. The average molecular weight is 211 g/mol. The summed E-state index contributed by atoms with van der Waals surface area (Å²) in [6, 6.07) is 7.23. The first-order valence-corrected chi connectivity index (χ1v) is 5.47. The SMILES string of the molecule is CSc1cccc(C(N)CC(=O)O)c1. The number of benzene rings is 1. The van der Waals surface area contributed by atoms with E-state index in [1.807, 2.05) is 30.5 Å². The molecular weight excluding hydrogens is 198 g/mol. The third-order valence-corrected chi connectivity index (χ3v) is 2.64. The largest absolute Gasteiger partial charge is 0.481 e. The van der Waals surface area contributed by atoms with Gasteiger partial charge in [0.1, 0.15) is 0 Å². The molecule has 1 aromatic carbocycles. The van der Waals surface area contributed by atoms with E-state index in [4.69, 9.17) is 10.8 Å². The topological polar surface area (TPSA) is 63.3 Å². The van der Waals surface area contributed by atoms with E-state index in [9.17, 15) is 4.79 Å². The van der Waals surface area contributed by atoms with Crippen LogP contribution in [-0.4, -0.2) is 17.3 Å². The molecule has 14 heavy (non-hydrogen) atoms. The van der Waals surface area contributed by atoms with Crippen molar-refractivity contribution in [1.82, 2.24) is 0 Å². The summed E-state index contributed by atoms with van der Waals surface area (Å²) in [6.07, 6.45) is 1.94. The molecule has 0 aliphatic rings. The highest BCUT2D eigenvalue weighted by Crippen LogP contribution is 2.20. The first kappa shape index (κ1) is 11.1. The molecule has 0 heterocycles. The van der Waals surface area contributed by atoms with Gasteiger partial charge in [-0.1, -0.05) is 12.1 Å². The summed E-state index contributed by atoms with van der Waals surface area (Å²) in [5.74, 6) is -0.868. The second-order valence-electron chi connectivity index (χ2n) is 2.98. The Morgan fingerprint density at radius 1 is 1.64 bits per heavy atom. The van der Waals surface area contributed by atoms with Crippen molar-refractivity contribution < 1.29 is 9.90 Å². The third-order valence-electron chi connectivity index (χ3n) is 1.92. The van der Waals surface area contributed by atoms with Crippen LogP contribution in [0.25, 0.3) is 0 Å². The van der Waals surface area contributed by atoms with Crippen molar-refractivity contribution in [3.63, 3.8) is 0 Å². The number of carboxylic acids is 1. The average Bonchev–Trinajstić information content (AvgIpc) is 2.17. The van der Waals surface area contributed by atoms with E-state index in [0.29, 0.717) is 0 Å². The number of hydrogen-bond acceptors (Lipinski definition) is 3. The predicted octanol–water partition coefficient (Wildman–Crippen LogP) is 1.88. The molecule has 4 heteroatoms. The van der Waals surface area contributed by atoms with Crippen LogP contribution in [-0.2, 0) is 4.79 Å². The number of rotatable bonds is 4. The molecule has 0 amide bonds. The Morgan fingerprint density at radius 2 is 2.36 bits per heavy atom. The Bertz CT molecular complexity index is 328. The quantitative estimate of drug-likeness (QED) is 0.746. The van der Waals surface area contributed by atoms with Crippen LogP contribution in [0.3, 0.4) is 0 Å². The van der Waals surface area contributed by atoms with E-state index in [1.165, 1.54) is 0 Å². The Hall–Kier alpha value is -1.00. The minimum atomic E-state index is -0.868. The highest BCUT2D eigenvalue weighted by atomic mass is 32.2. The van der Waals surface area contributed by atoms with Crippen molar-refractivity contribution in [2.75, 3.05) is 6.26 Å². The molecule has 76 valence electrons. The summed E-state index contributed by atoms with van der Waals surface area (Å²) in [5.41, 5.74) is 6.60. The number of thioether (sulfide) groups is 1. The van der Waals surface area contributed by atoms with Gasteiger partial charge in [0.05, 0.1) is 6.42 Å². The van der Waals surface area contributed by atoms with Crippen molar-refractivity contribution in [1.29, 1.82) is 0 Å². The fourth-order valence-electron chi connectivity index (χ4n) is 1.18. The predicted molar refractivity (Wildman–Crippen MR) is 57.4 cm³/mol. The highest BCUT2D eigenvalue weighted by molar-refractivity contribution is 7.98. The molecule has 3 N–H and O–H groups in total. The summed E-state index contributed by atoms with van der Waals surface area (Å²) >= 11 is 1.62. The van der Waals surface area contributed by atoms with Crippen LogP contribution in [0.2, 0.25) is 0 Å². The summed E-state index contributed by atoms with van der Waals surface area (Å²) in [7, 11) is 0. The van der Waals surface area contributed by atoms with E-state index in [1.54, 1.807) is 11.8 Å². The van der Waals surface area contributed by atoms with E-state index in [0.717, 1.165) is 10.5 Å². The monoisotopic (exact) mass is 211 g/mol. The van der Waals surface area contributed by atoms with Crippen LogP contribution < -0.4 is 5.73 Å². The van der Waals surface area contributed by atoms with Gasteiger partial charge < -0.3 is 10.8 Å². The summed E-state index contributed by atoms with van der Waals surface area (Å²) in [5, 5.41) is 8.59. The Morgan fingerprint density at radius 3 is 2.93 bits per heavy atom. The number of carbonyl (C=O) groups is 1. The van der Waals surface area contributed by atoms with Crippen LogP contribution in [0, 0.1) is 0 Å². The molecule has 1 rings (SSSR count). The zero-order valence-electron chi connectivity index (χ0n) is 7.93. The summed E-state index contributed by atoms with van der Waals surface area (Å²) < 4.78 is 0. The van der Waals surface area contributed by atoms with Crippen LogP contribution in [0.5, 0.6) is 0 Å². The zero-order chi connectivity index (χ0) is 10.6. The smallest absolute Gasteiger partial charge is 0.305 e. The standard InChI is InChI=1S/C10H13NO2S/c1-14-8-4-2-3-7(5-8)9(11)6-10(12)13/h2-5,9H,6,11H2,1H3,(H,12,13).